The van der Waals surface area contributed by atoms with Gasteiger partial charge in [0, 0.05) is 56.4 Å². The van der Waals surface area contributed by atoms with Gasteiger partial charge in [0.25, 0.3) is 0 Å². The third-order valence-corrected chi connectivity index (χ3v) is 5.53. The highest BCUT2D eigenvalue weighted by atomic mass is 16.5. The van der Waals surface area contributed by atoms with E-state index in [0.717, 1.165) is 53.9 Å². The van der Waals surface area contributed by atoms with E-state index in [0.29, 0.717) is 13.0 Å². The fourth-order valence-corrected chi connectivity index (χ4v) is 4.06. The fourth-order valence-electron chi connectivity index (χ4n) is 4.06. The lowest BCUT2D eigenvalue weighted by Crippen LogP contribution is -2.20. The Morgan fingerprint density at radius 2 is 1.81 bits per heavy atom. The van der Waals surface area contributed by atoms with E-state index in [1.807, 2.05) is 42.0 Å². The maximum Gasteiger partial charge on any atom is 0.136 e. The van der Waals surface area contributed by atoms with Crippen LogP contribution in [0.25, 0.3) is 5.65 Å². The van der Waals surface area contributed by atoms with Crippen LogP contribution in [0.4, 0.5) is 5.82 Å². The minimum absolute atomic E-state index is 0.578. The van der Waals surface area contributed by atoms with Crippen LogP contribution < -0.4 is 9.64 Å². The molecular weight excluding hydrogens is 388 g/mol. The molecule has 0 amide bonds. The monoisotopic (exact) mass is 414 g/mol. The van der Waals surface area contributed by atoms with Crippen LogP contribution in [-0.2, 0) is 12.8 Å². The van der Waals surface area contributed by atoms with Gasteiger partial charge in [-0.2, -0.15) is 0 Å². The number of imidazole rings is 1. The molecule has 0 saturated carbocycles. The maximum atomic E-state index is 5.62. The zero-order chi connectivity index (χ0) is 21.0. The maximum absolute atomic E-state index is 5.62. The standard InChI is InChI=1S/C24H26N6O/c1-2-31-21-5-7-25-19(15-21)16-22-27-20(17-24(28-22)29-9-3-4-10-29)13-18-6-11-30-12-8-26-23(30)14-18/h5-8,11-12,14-15,17H,2-4,9-10,13,16H2,1H3. The van der Waals surface area contributed by atoms with Gasteiger partial charge in [0.1, 0.15) is 23.0 Å². The summed E-state index contributed by atoms with van der Waals surface area (Å²) >= 11 is 0. The van der Waals surface area contributed by atoms with Crippen molar-refractivity contribution < 1.29 is 4.74 Å². The molecule has 0 atom stereocenters. The Kier molecular flexibility index (Phi) is 5.48. The summed E-state index contributed by atoms with van der Waals surface area (Å²) in [6, 6.07) is 10.2. The molecule has 0 radical (unpaired) electrons. The summed E-state index contributed by atoms with van der Waals surface area (Å²) in [7, 11) is 0. The molecule has 31 heavy (non-hydrogen) atoms. The van der Waals surface area contributed by atoms with Crippen molar-refractivity contribution in [2.75, 3.05) is 24.6 Å². The Morgan fingerprint density at radius 3 is 2.68 bits per heavy atom. The largest absolute Gasteiger partial charge is 0.494 e. The molecule has 0 unspecified atom stereocenters. The van der Waals surface area contributed by atoms with Crippen molar-refractivity contribution in [2.45, 2.75) is 32.6 Å². The van der Waals surface area contributed by atoms with E-state index in [9.17, 15) is 0 Å². The highest BCUT2D eigenvalue weighted by Gasteiger charge is 2.17. The van der Waals surface area contributed by atoms with Gasteiger partial charge in [-0.1, -0.05) is 0 Å². The zero-order valence-electron chi connectivity index (χ0n) is 17.7. The summed E-state index contributed by atoms with van der Waals surface area (Å²) in [5.74, 6) is 2.64. The first-order valence-electron chi connectivity index (χ1n) is 10.9. The normalized spacial score (nSPS) is 13.8. The van der Waals surface area contributed by atoms with Crippen molar-refractivity contribution in [1.82, 2.24) is 24.3 Å². The van der Waals surface area contributed by atoms with Crippen LogP contribution >= 0.6 is 0 Å². The lowest BCUT2D eigenvalue weighted by atomic mass is 10.1. The number of nitrogens with zero attached hydrogens (tertiary/aromatic N) is 6. The van der Waals surface area contributed by atoms with Crippen LogP contribution in [-0.4, -0.2) is 44.0 Å². The number of rotatable bonds is 7. The topological polar surface area (TPSA) is 68.4 Å². The fraction of sp³-hybridized carbons (Fsp3) is 0.333. The van der Waals surface area contributed by atoms with E-state index in [-0.39, 0.29) is 0 Å². The predicted octanol–water partition coefficient (Wildman–Crippen LogP) is 3.70. The summed E-state index contributed by atoms with van der Waals surface area (Å²) in [4.78, 5) is 21.0. The minimum Gasteiger partial charge on any atom is -0.494 e. The van der Waals surface area contributed by atoms with Gasteiger partial charge in [0.15, 0.2) is 0 Å². The molecule has 1 aliphatic heterocycles. The molecule has 7 nitrogen and oxygen atoms in total. The minimum atomic E-state index is 0.578. The van der Waals surface area contributed by atoms with Crippen LogP contribution in [0.2, 0.25) is 0 Å². The van der Waals surface area contributed by atoms with Gasteiger partial charge in [-0.05, 0) is 43.5 Å². The average Bonchev–Trinajstić information content (AvgIpc) is 3.46. The van der Waals surface area contributed by atoms with Crippen molar-refractivity contribution in [2.24, 2.45) is 0 Å². The summed E-state index contributed by atoms with van der Waals surface area (Å²) in [5, 5.41) is 0. The third-order valence-electron chi connectivity index (χ3n) is 5.53. The Labute approximate surface area is 181 Å². The van der Waals surface area contributed by atoms with Gasteiger partial charge >= 0.3 is 0 Å². The van der Waals surface area contributed by atoms with Crippen LogP contribution in [0, 0.1) is 0 Å². The van der Waals surface area contributed by atoms with Gasteiger partial charge in [-0.15, -0.1) is 0 Å². The SMILES string of the molecule is CCOc1ccnc(Cc2nc(Cc3ccn4ccnc4c3)cc(N3CCCC3)n2)c1. The summed E-state index contributed by atoms with van der Waals surface area (Å²) in [5.41, 5.74) is 4.06. The van der Waals surface area contributed by atoms with E-state index in [1.165, 1.54) is 18.4 Å². The van der Waals surface area contributed by atoms with Crippen molar-refractivity contribution in [3.8, 4) is 5.75 Å². The second-order valence-electron chi connectivity index (χ2n) is 7.83. The molecule has 5 heterocycles. The molecule has 0 bridgehead atoms. The number of hydrogen-bond donors (Lipinski definition) is 0. The van der Waals surface area contributed by atoms with E-state index in [2.05, 4.69) is 33.1 Å². The Balaban J connectivity index is 1.45. The van der Waals surface area contributed by atoms with E-state index in [1.54, 1.807) is 6.20 Å². The molecule has 1 saturated heterocycles. The molecule has 1 fully saturated rings. The molecule has 0 N–H and O–H groups in total. The van der Waals surface area contributed by atoms with Gasteiger partial charge in [-0.3, -0.25) is 4.98 Å². The summed E-state index contributed by atoms with van der Waals surface area (Å²) < 4.78 is 7.64. The Hall–Kier alpha value is -3.48. The van der Waals surface area contributed by atoms with Crippen LogP contribution in [0.15, 0.2) is 55.1 Å². The third kappa shape index (κ3) is 4.50. The highest BCUT2D eigenvalue weighted by Crippen LogP contribution is 2.22. The van der Waals surface area contributed by atoms with Gasteiger partial charge < -0.3 is 14.0 Å². The first kappa shape index (κ1) is 19.5. The smallest absolute Gasteiger partial charge is 0.136 e. The summed E-state index contributed by atoms with van der Waals surface area (Å²) in [6.07, 6.45) is 11.3. The second kappa shape index (κ2) is 8.71. The van der Waals surface area contributed by atoms with Crippen molar-refractivity contribution >= 4 is 11.5 Å². The lowest BCUT2D eigenvalue weighted by molar-refractivity contribution is 0.339. The van der Waals surface area contributed by atoms with E-state index >= 15 is 0 Å². The van der Waals surface area contributed by atoms with Crippen molar-refractivity contribution in [3.63, 3.8) is 0 Å². The molecule has 1 aliphatic rings. The Morgan fingerprint density at radius 1 is 0.903 bits per heavy atom. The number of hydrogen-bond acceptors (Lipinski definition) is 6. The predicted molar refractivity (Wildman–Crippen MR) is 120 cm³/mol. The van der Waals surface area contributed by atoms with Crippen molar-refractivity contribution in [3.05, 3.63) is 77.9 Å². The van der Waals surface area contributed by atoms with Crippen LogP contribution in [0.3, 0.4) is 0 Å². The molecule has 0 aliphatic carbocycles. The molecule has 0 aromatic carbocycles. The highest BCUT2D eigenvalue weighted by molar-refractivity contribution is 5.45. The van der Waals surface area contributed by atoms with E-state index in [4.69, 9.17) is 14.7 Å². The van der Waals surface area contributed by atoms with Gasteiger partial charge in [0.05, 0.1) is 24.4 Å². The molecule has 0 spiro atoms. The van der Waals surface area contributed by atoms with Crippen molar-refractivity contribution in [1.29, 1.82) is 0 Å². The zero-order valence-corrected chi connectivity index (χ0v) is 17.7. The lowest BCUT2D eigenvalue weighted by Gasteiger charge is -2.18. The average molecular weight is 415 g/mol. The van der Waals surface area contributed by atoms with Gasteiger partial charge in [0.2, 0.25) is 0 Å². The molecular formula is C24H26N6O. The number of anilines is 1. The number of fused-ring (bicyclic) bond motifs is 1. The molecule has 4 aromatic heterocycles. The number of pyridine rings is 2. The Bertz CT molecular complexity index is 1180. The van der Waals surface area contributed by atoms with Crippen LogP contribution in [0.1, 0.15) is 42.5 Å². The van der Waals surface area contributed by atoms with Crippen LogP contribution in [0.5, 0.6) is 5.75 Å². The number of ether oxygens (including phenoxy) is 1. The second-order valence-corrected chi connectivity index (χ2v) is 7.83. The quantitative estimate of drug-likeness (QED) is 0.459. The molecule has 158 valence electrons. The molecule has 7 heteroatoms. The first-order valence-corrected chi connectivity index (χ1v) is 10.9. The van der Waals surface area contributed by atoms with E-state index < -0.39 is 0 Å². The summed E-state index contributed by atoms with van der Waals surface area (Å²) in [6.45, 7) is 4.72. The first-order chi connectivity index (χ1) is 15.3. The van der Waals surface area contributed by atoms with Gasteiger partial charge in [-0.25, -0.2) is 15.0 Å². The molecule has 4 aromatic rings. The molecule has 5 rings (SSSR count). The number of aromatic nitrogens is 5.